The molecule has 1 aromatic rings. The van der Waals surface area contributed by atoms with Gasteiger partial charge >= 0.3 is 0 Å². The third kappa shape index (κ3) is 3.09. The average Bonchev–Trinajstić information content (AvgIpc) is 2.73. The first-order valence-electron chi connectivity index (χ1n) is 6.31. The number of benzene rings is 1. The fraction of sp³-hybridized carbons (Fsp3) is 0.538. The van der Waals surface area contributed by atoms with Crippen LogP contribution < -0.4 is 11.3 Å². The molecule has 0 aromatic heterocycles. The Kier molecular flexibility index (Phi) is 4.29. The minimum absolute atomic E-state index is 0.147. The van der Waals surface area contributed by atoms with Gasteiger partial charge in [0, 0.05) is 24.4 Å². The number of nitrogens with one attached hydrogen (secondary N) is 1. The predicted molar refractivity (Wildman–Crippen MR) is 63.3 cm³/mol. The van der Waals surface area contributed by atoms with Crippen LogP contribution in [0.1, 0.15) is 37.3 Å². The minimum atomic E-state index is -2.71. The number of rotatable bonds is 4. The van der Waals surface area contributed by atoms with E-state index in [9.17, 15) is 22.0 Å². The molecule has 0 spiro atoms. The van der Waals surface area contributed by atoms with E-state index in [1.54, 1.807) is 0 Å². The zero-order chi connectivity index (χ0) is 14.9. The Hall–Kier alpha value is -1.21. The maximum atomic E-state index is 13.7. The summed E-state index contributed by atoms with van der Waals surface area (Å²) in [5.41, 5.74) is 2.13. The molecule has 20 heavy (non-hydrogen) atoms. The van der Waals surface area contributed by atoms with Crippen molar-refractivity contribution in [1.82, 2.24) is 5.43 Å². The fourth-order valence-electron chi connectivity index (χ4n) is 2.67. The van der Waals surface area contributed by atoms with Gasteiger partial charge in [0.1, 0.15) is 0 Å². The number of alkyl halides is 2. The van der Waals surface area contributed by atoms with Crippen molar-refractivity contribution < 1.29 is 22.0 Å². The predicted octanol–water partition coefficient (Wildman–Crippen LogP) is 3.43. The molecule has 0 bridgehead atoms. The molecule has 0 amide bonds. The van der Waals surface area contributed by atoms with E-state index in [0.717, 1.165) is 12.1 Å². The van der Waals surface area contributed by atoms with Crippen molar-refractivity contribution in [3.63, 3.8) is 0 Å². The van der Waals surface area contributed by atoms with Crippen LogP contribution in [0, 0.1) is 23.4 Å². The third-order valence-electron chi connectivity index (χ3n) is 3.72. The summed E-state index contributed by atoms with van der Waals surface area (Å²) in [4.78, 5) is 0. The van der Waals surface area contributed by atoms with Gasteiger partial charge in [0.25, 0.3) is 0 Å². The van der Waals surface area contributed by atoms with Crippen molar-refractivity contribution in [2.75, 3.05) is 0 Å². The lowest BCUT2D eigenvalue weighted by Gasteiger charge is -2.21. The number of halogens is 5. The largest absolute Gasteiger partial charge is 0.271 e. The van der Waals surface area contributed by atoms with Crippen molar-refractivity contribution in [2.24, 2.45) is 11.8 Å². The van der Waals surface area contributed by atoms with Crippen LogP contribution in [0.15, 0.2) is 12.1 Å². The molecule has 1 aliphatic rings. The van der Waals surface area contributed by atoms with Crippen molar-refractivity contribution in [2.45, 2.75) is 37.6 Å². The van der Waals surface area contributed by atoms with E-state index in [2.05, 4.69) is 5.43 Å². The topological polar surface area (TPSA) is 38.0 Å². The van der Waals surface area contributed by atoms with Crippen molar-refractivity contribution in [3.8, 4) is 0 Å². The quantitative estimate of drug-likeness (QED) is 0.386. The molecule has 0 heterocycles. The molecule has 112 valence electrons. The molecular formula is C13H15F5N2. The second-order valence-corrected chi connectivity index (χ2v) is 5.18. The van der Waals surface area contributed by atoms with E-state index in [1.807, 2.05) is 0 Å². The van der Waals surface area contributed by atoms with Crippen LogP contribution in [0.5, 0.6) is 0 Å². The van der Waals surface area contributed by atoms with E-state index in [-0.39, 0.29) is 30.7 Å². The lowest BCUT2D eigenvalue weighted by Crippen LogP contribution is -2.30. The summed E-state index contributed by atoms with van der Waals surface area (Å²) in [7, 11) is 0. The maximum absolute atomic E-state index is 13.7. The minimum Gasteiger partial charge on any atom is -0.271 e. The molecule has 2 rings (SSSR count). The molecule has 2 nitrogen and oxygen atoms in total. The second kappa shape index (κ2) is 5.65. The van der Waals surface area contributed by atoms with Gasteiger partial charge in [-0.2, -0.15) is 0 Å². The summed E-state index contributed by atoms with van der Waals surface area (Å²) >= 11 is 0. The van der Waals surface area contributed by atoms with Crippen LogP contribution >= 0.6 is 0 Å². The first kappa shape index (κ1) is 15.2. The Morgan fingerprint density at radius 3 is 2.50 bits per heavy atom. The molecule has 0 aliphatic heterocycles. The Labute approximate surface area is 113 Å². The van der Waals surface area contributed by atoms with E-state index >= 15 is 0 Å². The number of nitrogens with two attached hydrogens (primary N) is 1. The smallest absolute Gasteiger partial charge is 0.248 e. The zero-order valence-electron chi connectivity index (χ0n) is 10.6. The highest BCUT2D eigenvalue weighted by molar-refractivity contribution is 5.23. The van der Waals surface area contributed by atoms with Crippen LogP contribution in [0.2, 0.25) is 0 Å². The van der Waals surface area contributed by atoms with Crippen LogP contribution in [0.4, 0.5) is 22.0 Å². The Morgan fingerprint density at radius 1 is 1.25 bits per heavy atom. The number of hydrogen-bond donors (Lipinski definition) is 2. The number of hydrazine groups is 1. The maximum Gasteiger partial charge on any atom is 0.248 e. The summed E-state index contributed by atoms with van der Waals surface area (Å²) in [6.07, 6.45) is -0.0593. The van der Waals surface area contributed by atoms with Crippen LogP contribution in [-0.2, 0) is 0 Å². The summed E-state index contributed by atoms with van der Waals surface area (Å²) < 4.78 is 65.9. The highest BCUT2D eigenvalue weighted by atomic mass is 19.3. The van der Waals surface area contributed by atoms with Crippen LogP contribution in [0.25, 0.3) is 0 Å². The van der Waals surface area contributed by atoms with E-state index in [1.165, 1.54) is 0 Å². The first-order chi connectivity index (χ1) is 9.34. The van der Waals surface area contributed by atoms with Gasteiger partial charge in [0.15, 0.2) is 17.5 Å². The summed E-state index contributed by atoms with van der Waals surface area (Å²) in [6, 6.07) is 1.04. The summed E-state index contributed by atoms with van der Waals surface area (Å²) in [5.74, 6) is -1.98. The van der Waals surface area contributed by atoms with Gasteiger partial charge in [-0.15, -0.1) is 0 Å². The van der Waals surface area contributed by atoms with Crippen molar-refractivity contribution >= 4 is 0 Å². The standard InChI is InChI=1S/C13H15F5N2/c14-9-2-1-8(11(15)12(9)16)10(20-19)5-7-3-4-13(17,18)6-7/h1-2,7,10,20H,3-6,19H2. The lowest BCUT2D eigenvalue weighted by molar-refractivity contribution is 0.00428. The first-order valence-corrected chi connectivity index (χ1v) is 6.31. The summed E-state index contributed by atoms with van der Waals surface area (Å²) in [6.45, 7) is 0. The van der Waals surface area contributed by atoms with Gasteiger partial charge in [-0.05, 0) is 24.8 Å². The zero-order valence-corrected chi connectivity index (χ0v) is 10.6. The molecule has 3 N–H and O–H groups in total. The highest BCUT2D eigenvalue weighted by Crippen LogP contribution is 2.42. The number of hydrogen-bond acceptors (Lipinski definition) is 2. The van der Waals surface area contributed by atoms with Crippen LogP contribution in [-0.4, -0.2) is 5.92 Å². The monoisotopic (exact) mass is 294 g/mol. The third-order valence-corrected chi connectivity index (χ3v) is 3.72. The molecule has 2 unspecified atom stereocenters. The summed E-state index contributed by atoms with van der Waals surface area (Å²) in [5, 5.41) is 0. The molecule has 1 aromatic carbocycles. The van der Waals surface area contributed by atoms with Gasteiger partial charge in [0.05, 0.1) is 0 Å². The molecule has 1 fully saturated rings. The van der Waals surface area contributed by atoms with Gasteiger partial charge in [-0.3, -0.25) is 11.3 Å². The van der Waals surface area contributed by atoms with Gasteiger partial charge in [0.2, 0.25) is 5.92 Å². The Balaban J connectivity index is 2.15. The molecule has 0 radical (unpaired) electrons. The molecule has 2 atom stereocenters. The SMILES string of the molecule is NNC(CC1CCC(F)(F)C1)c1ccc(F)c(F)c1F. The van der Waals surface area contributed by atoms with Gasteiger partial charge in [-0.1, -0.05) is 6.07 Å². The average molecular weight is 294 g/mol. The van der Waals surface area contributed by atoms with E-state index in [0.29, 0.717) is 6.42 Å². The lowest BCUT2D eigenvalue weighted by atomic mass is 9.93. The Morgan fingerprint density at radius 2 is 1.95 bits per heavy atom. The van der Waals surface area contributed by atoms with E-state index in [4.69, 9.17) is 5.84 Å². The highest BCUT2D eigenvalue weighted by Gasteiger charge is 2.40. The second-order valence-electron chi connectivity index (χ2n) is 5.18. The molecule has 0 saturated heterocycles. The normalized spacial score (nSPS) is 23.0. The van der Waals surface area contributed by atoms with Crippen molar-refractivity contribution in [1.29, 1.82) is 0 Å². The Bertz CT molecular complexity index is 492. The van der Waals surface area contributed by atoms with Crippen molar-refractivity contribution in [3.05, 3.63) is 35.1 Å². The van der Waals surface area contributed by atoms with E-state index < -0.39 is 29.4 Å². The fourth-order valence-corrected chi connectivity index (χ4v) is 2.67. The molecule has 7 heteroatoms. The molecular weight excluding hydrogens is 279 g/mol. The van der Waals surface area contributed by atoms with Gasteiger partial charge < -0.3 is 0 Å². The van der Waals surface area contributed by atoms with Gasteiger partial charge in [-0.25, -0.2) is 22.0 Å². The molecule has 1 aliphatic carbocycles. The molecule has 1 saturated carbocycles. The van der Waals surface area contributed by atoms with Crippen LogP contribution in [0.3, 0.4) is 0 Å².